The van der Waals surface area contributed by atoms with Crippen LogP contribution in [0.15, 0.2) is 41.7 Å². The Bertz CT molecular complexity index is 1180. The number of fused-ring (bicyclic) bond motifs is 2. The van der Waals surface area contributed by atoms with E-state index in [0.29, 0.717) is 40.0 Å². The van der Waals surface area contributed by atoms with Crippen LogP contribution in [0.25, 0.3) is 22.5 Å². The average molecular weight is 485 g/mol. The van der Waals surface area contributed by atoms with Crippen molar-refractivity contribution in [3.05, 3.63) is 42.5 Å². The molecule has 1 aromatic carbocycles. The number of aromatic nitrogens is 4. The Morgan fingerprint density at radius 1 is 1.12 bits per heavy atom. The molecule has 2 bridgehead atoms. The lowest BCUT2D eigenvalue weighted by atomic mass is 9.82. The standard InChI is InChI=1S/C24H26F2N6OS/c1-32(19-9-14-4-3-5-18(29-14)23(19)26)21-12-28-24(31-30-21)15-7-6-13(8-20(15)33)16-10-22(34-2)27-11-17(16)25/h6-8,10-12,14,18-19,23,29,33H,3-5,9H2,1-2H3/t14-,18+,19-,23+/m0/s1. The van der Waals surface area contributed by atoms with E-state index in [1.165, 1.54) is 24.0 Å². The number of nitrogens with zero attached hydrogens (tertiary/aromatic N) is 5. The van der Waals surface area contributed by atoms with Crippen molar-refractivity contribution in [1.29, 1.82) is 0 Å². The number of aromatic hydroxyl groups is 1. The number of nitrogens with one attached hydrogen (secondary N) is 1. The van der Waals surface area contributed by atoms with Crippen molar-refractivity contribution in [3.63, 3.8) is 0 Å². The number of thioether (sulfide) groups is 1. The highest BCUT2D eigenvalue weighted by Crippen LogP contribution is 2.35. The molecule has 2 saturated heterocycles. The number of halogens is 2. The van der Waals surface area contributed by atoms with Gasteiger partial charge in [-0.25, -0.2) is 18.7 Å². The van der Waals surface area contributed by atoms with Crippen LogP contribution in [0.4, 0.5) is 14.6 Å². The molecule has 0 spiro atoms. The predicted molar refractivity (Wildman–Crippen MR) is 128 cm³/mol. The van der Waals surface area contributed by atoms with Crippen molar-refractivity contribution in [2.24, 2.45) is 0 Å². The molecule has 0 aliphatic carbocycles. The van der Waals surface area contributed by atoms with Crippen LogP contribution in [0.2, 0.25) is 0 Å². The zero-order valence-electron chi connectivity index (χ0n) is 18.9. The predicted octanol–water partition coefficient (Wildman–Crippen LogP) is 4.22. The van der Waals surface area contributed by atoms with Gasteiger partial charge in [0.25, 0.3) is 0 Å². The second-order valence-electron chi connectivity index (χ2n) is 8.84. The Balaban J connectivity index is 1.36. The summed E-state index contributed by atoms with van der Waals surface area (Å²) in [6.07, 6.45) is 7.28. The fourth-order valence-corrected chi connectivity index (χ4v) is 5.31. The summed E-state index contributed by atoms with van der Waals surface area (Å²) in [5, 5.41) is 23.1. The molecule has 0 amide bonds. The molecule has 2 N–H and O–H groups in total. The third kappa shape index (κ3) is 4.32. The van der Waals surface area contributed by atoms with Crippen LogP contribution in [0.5, 0.6) is 5.75 Å². The molecule has 4 atom stereocenters. The van der Waals surface area contributed by atoms with Gasteiger partial charge < -0.3 is 15.3 Å². The lowest BCUT2D eigenvalue weighted by molar-refractivity contribution is 0.107. The molecule has 2 aromatic heterocycles. The highest BCUT2D eigenvalue weighted by atomic mass is 32.2. The number of phenolic OH excluding ortho intramolecular Hbond substituents is 1. The highest BCUT2D eigenvalue weighted by molar-refractivity contribution is 7.98. The number of piperidine rings is 2. The van der Waals surface area contributed by atoms with E-state index in [-0.39, 0.29) is 23.7 Å². The molecule has 7 nitrogen and oxygen atoms in total. The molecule has 3 aromatic rings. The number of rotatable bonds is 5. The van der Waals surface area contributed by atoms with Crippen molar-refractivity contribution >= 4 is 17.6 Å². The summed E-state index contributed by atoms with van der Waals surface area (Å²) in [6.45, 7) is 0. The van der Waals surface area contributed by atoms with Crippen LogP contribution in [-0.2, 0) is 0 Å². The third-order valence-corrected chi connectivity index (χ3v) is 7.43. The number of hydrogen-bond donors (Lipinski definition) is 2. The second-order valence-corrected chi connectivity index (χ2v) is 9.66. The molecular formula is C24H26F2N6OS. The maximum atomic E-state index is 15.1. The zero-order chi connectivity index (χ0) is 23.8. The Morgan fingerprint density at radius 3 is 2.71 bits per heavy atom. The number of alkyl halides is 1. The van der Waals surface area contributed by atoms with Crippen LogP contribution < -0.4 is 10.2 Å². The van der Waals surface area contributed by atoms with Crippen LogP contribution in [-0.4, -0.2) is 62.9 Å². The van der Waals surface area contributed by atoms with Crippen LogP contribution in [0, 0.1) is 5.82 Å². The minimum absolute atomic E-state index is 0.0858. The minimum Gasteiger partial charge on any atom is -0.507 e. The molecule has 0 unspecified atom stereocenters. The normalized spacial score (nSPS) is 24.1. The average Bonchev–Trinajstić information content (AvgIpc) is 2.86. The van der Waals surface area contributed by atoms with Gasteiger partial charge in [-0.2, -0.15) is 0 Å². The molecule has 4 heterocycles. The Morgan fingerprint density at radius 2 is 1.97 bits per heavy atom. The molecule has 2 aliphatic rings. The first-order chi connectivity index (χ1) is 16.4. The Kier molecular flexibility index (Phi) is 6.35. The van der Waals surface area contributed by atoms with Gasteiger partial charge in [-0.05, 0) is 49.3 Å². The van der Waals surface area contributed by atoms with E-state index in [0.717, 1.165) is 19.3 Å². The molecule has 5 rings (SSSR count). The van der Waals surface area contributed by atoms with Gasteiger partial charge in [0, 0.05) is 24.7 Å². The fraction of sp³-hybridized carbons (Fsp3) is 0.417. The zero-order valence-corrected chi connectivity index (χ0v) is 19.8. The summed E-state index contributed by atoms with van der Waals surface area (Å²) in [6, 6.07) is 6.37. The smallest absolute Gasteiger partial charge is 0.185 e. The number of phenols is 1. The number of benzene rings is 1. The van der Waals surface area contributed by atoms with Crippen molar-refractivity contribution in [1.82, 2.24) is 25.5 Å². The van der Waals surface area contributed by atoms with Crippen LogP contribution >= 0.6 is 11.8 Å². The fourth-order valence-electron chi connectivity index (χ4n) is 4.92. The molecule has 0 radical (unpaired) electrons. The van der Waals surface area contributed by atoms with Gasteiger partial charge in [-0.3, -0.25) is 0 Å². The SMILES string of the molecule is CSc1cc(-c2ccc(-c3ncc(N(C)[C@H]4C[C@@H]5CCC[C@@H](N5)[C@H]4F)nn3)c(O)c2)c(F)cn1. The first-order valence-electron chi connectivity index (χ1n) is 11.3. The van der Waals surface area contributed by atoms with Gasteiger partial charge in [0.2, 0.25) is 0 Å². The quantitative estimate of drug-likeness (QED) is 0.521. The lowest BCUT2D eigenvalue weighted by Crippen LogP contribution is -2.61. The van der Waals surface area contributed by atoms with Crippen molar-refractivity contribution < 1.29 is 13.9 Å². The van der Waals surface area contributed by atoms with Gasteiger partial charge in [0.05, 0.1) is 29.0 Å². The third-order valence-electron chi connectivity index (χ3n) is 6.79. The number of hydrogen-bond acceptors (Lipinski definition) is 8. The summed E-state index contributed by atoms with van der Waals surface area (Å²) in [4.78, 5) is 10.2. The monoisotopic (exact) mass is 484 g/mol. The molecule has 178 valence electrons. The molecule has 2 fully saturated rings. The molecule has 34 heavy (non-hydrogen) atoms. The lowest BCUT2D eigenvalue weighted by Gasteiger charge is -2.45. The van der Waals surface area contributed by atoms with E-state index in [1.54, 1.807) is 24.4 Å². The van der Waals surface area contributed by atoms with Crippen molar-refractivity contribution in [2.75, 3.05) is 18.2 Å². The van der Waals surface area contributed by atoms with E-state index in [4.69, 9.17) is 0 Å². The van der Waals surface area contributed by atoms with Gasteiger partial charge >= 0.3 is 0 Å². The minimum atomic E-state index is -0.986. The van der Waals surface area contributed by atoms with E-state index < -0.39 is 12.0 Å². The Labute approximate surface area is 201 Å². The first kappa shape index (κ1) is 22.9. The first-order valence-corrected chi connectivity index (χ1v) is 12.5. The maximum Gasteiger partial charge on any atom is 0.185 e. The van der Waals surface area contributed by atoms with Crippen molar-refractivity contribution in [2.45, 2.75) is 55.0 Å². The van der Waals surface area contributed by atoms with E-state index >= 15 is 4.39 Å². The van der Waals surface area contributed by atoms with Gasteiger partial charge in [-0.1, -0.05) is 12.5 Å². The highest BCUT2D eigenvalue weighted by Gasteiger charge is 2.42. The summed E-state index contributed by atoms with van der Waals surface area (Å²) < 4.78 is 29.4. The van der Waals surface area contributed by atoms with Crippen molar-refractivity contribution in [3.8, 4) is 28.3 Å². The molecular weight excluding hydrogens is 458 g/mol. The van der Waals surface area contributed by atoms with Gasteiger partial charge in [-0.15, -0.1) is 22.0 Å². The second kappa shape index (κ2) is 9.42. The number of anilines is 1. The van der Waals surface area contributed by atoms with Crippen LogP contribution in [0.3, 0.4) is 0 Å². The van der Waals surface area contributed by atoms with E-state index in [9.17, 15) is 9.50 Å². The Hall–Kier alpha value is -2.85. The van der Waals surface area contributed by atoms with Gasteiger partial charge in [0.15, 0.2) is 11.6 Å². The summed E-state index contributed by atoms with van der Waals surface area (Å²) >= 11 is 1.41. The summed E-state index contributed by atoms with van der Waals surface area (Å²) in [7, 11) is 1.82. The van der Waals surface area contributed by atoms with E-state index in [2.05, 4.69) is 25.5 Å². The molecule has 0 saturated carbocycles. The largest absolute Gasteiger partial charge is 0.507 e. The summed E-state index contributed by atoms with van der Waals surface area (Å²) in [5.74, 6) is 0.164. The number of pyridine rings is 1. The van der Waals surface area contributed by atoms with E-state index in [1.807, 2.05) is 18.2 Å². The van der Waals surface area contributed by atoms with Gasteiger partial charge in [0.1, 0.15) is 17.7 Å². The molecule has 2 aliphatic heterocycles. The summed E-state index contributed by atoms with van der Waals surface area (Å²) in [5.41, 5.74) is 1.25. The maximum absolute atomic E-state index is 15.1. The molecule has 10 heteroatoms. The topological polar surface area (TPSA) is 87.1 Å². The van der Waals surface area contributed by atoms with Crippen LogP contribution in [0.1, 0.15) is 25.7 Å².